The van der Waals surface area contributed by atoms with Gasteiger partial charge in [-0.15, -0.1) is 0 Å². The highest BCUT2D eigenvalue weighted by atomic mass is 16.7. The molecule has 2 aromatic carbocycles. The minimum absolute atomic E-state index is 0.330. The Hall–Kier alpha value is -2.79. The lowest BCUT2D eigenvalue weighted by Crippen LogP contribution is -2.46. The van der Waals surface area contributed by atoms with Gasteiger partial charge in [-0.05, 0) is 29.1 Å². The summed E-state index contributed by atoms with van der Waals surface area (Å²) in [5.74, 6) is 2.79. The van der Waals surface area contributed by atoms with Crippen molar-refractivity contribution in [1.29, 1.82) is 0 Å². The maximum Gasteiger partial charge on any atom is 0.231 e. The Morgan fingerprint density at radius 1 is 0.846 bits per heavy atom. The molecule has 26 heavy (non-hydrogen) atoms. The zero-order chi connectivity index (χ0) is 17.3. The van der Waals surface area contributed by atoms with Gasteiger partial charge in [0, 0.05) is 44.3 Å². The van der Waals surface area contributed by atoms with Crippen LogP contribution in [0.2, 0.25) is 0 Å². The molecule has 132 valence electrons. The van der Waals surface area contributed by atoms with Crippen LogP contribution in [-0.2, 0) is 6.54 Å². The van der Waals surface area contributed by atoms with Crippen LogP contribution < -0.4 is 14.4 Å². The van der Waals surface area contributed by atoms with Gasteiger partial charge in [-0.25, -0.2) is 4.98 Å². The Kier molecular flexibility index (Phi) is 3.87. The molecular weight excluding hydrogens is 326 g/mol. The van der Waals surface area contributed by atoms with Crippen LogP contribution in [0, 0.1) is 0 Å². The third-order valence-corrected chi connectivity index (χ3v) is 5.16. The fourth-order valence-corrected chi connectivity index (χ4v) is 3.68. The fourth-order valence-electron chi connectivity index (χ4n) is 3.68. The molecule has 2 aliphatic rings. The molecule has 1 fully saturated rings. The summed E-state index contributed by atoms with van der Waals surface area (Å²) in [5, 5.41) is 2.44. The molecule has 3 aromatic rings. The monoisotopic (exact) mass is 347 g/mol. The average Bonchev–Trinajstić information content (AvgIpc) is 3.16. The highest BCUT2D eigenvalue weighted by Gasteiger charge is 2.20. The van der Waals surface area contributed by atoms with Gasteiger partial charge in [-0.3, -0.25) is 4.90 Å². The quantitative estimate of drug-likeness (QED) is 0.727. The van der Waals surface area contributed by atoms with E-state index in [9.17, 15) is 0 Å². The first-order valence-electron chi connectivity index (χ1n) is 9.06. The van der Waals surface area contributed by atoms with Crippen molar-refractivity contribution >= 4 is 16.6 Å². The molecule has 5 heteroatoms. The number of hydrogen-bond acceptors (Lipinski definition) is 5. The molecule has 0 N–H and O–H groups in total. The highest BCUT2D eigenvalue weighted by Crippen LogP contribution is 2.33. The van der Waals surface area contributed by atoms with Crippen LogP contribution in [0.3, 0.4) is 0 Å². The number of pyridine rings is 1. The zero-order valence-corrected chi connectivity index (χ0v) is 14.6. The summed E-state index contributed by atoms with van der Waals surface area (Å²) in [6.07, 6.45) is 1.98. The van der Waals surface area contributed by atoms with Crippen molar-refractivity contribution < 1.29 is 9.47 Å². The average molecular weight is 347 g/mol. The summed E-state index contributed by atoms with van der Waals surface area (Å²) in [6, 6.07) is 16.8. The van der Waals surface area contributed by atoms with Gasteiger partial charge >= 0.3 is 0 Å². The topological polar surface area (TPSA) is 37.8 Å². The molecule has 0 unspecified atom stereocenters. The van der Waals surface area contributed by atoms with E-state index in [-0.39, 0.29) is 0 Å². The summed E-state index contributed by atoms with van der Waals surface area (Å²) < 4.78 is 10.9. The second kappa shape index (κ2) is 6.50. The molecule has 0 spiro atoms. The van der Waals surface area contributed by atoms with Crippen molar-refractivity contribution in [2.45, 2.75) is 6.54 Å². The van der Waals surface area contributed by atoms with Gasteiger partial charge in [0.2, 0.25) is 6.79 Å². The van der Waals surface area contributed by atoms with Gasteiger partial charge in [0.05, 0.1) is 0 Å². The minimum Gasteiger partial charge on any atom is -0.454 e. The molecule has 0 amide bonds. The molecule has 1 saturated heterocycles. The molecule has 3 heterocycles. The fraction of sp³-hybridized carbons (Fsp3) is 0.286. The van der Waals surface area contributed by atoms with Crippen molar-refractivity contribution in [1.82, 2.24) is 9.88 Å². The van der Waals surface area contributed by atoms with Crippen molar-refractivity contribution in [2.75, 3.05) is 37.9 Å². The Balaban J connectivity index is 1.24. The summed E-state index contributed by atoms with van der Waals surface area (Å²) in [5.41, 5.74) is 1.27. The van der Waals surface area contributed by atoms with Gasteiger partial charge in [0.25, 0.3) is 0 Å². The highest BCUT2D eigenvalue weighted by molar-refractivity contribution is 5.83. The largest absolute Gasteiger partial charge is 0.454 e. The summed E-state index contributed by atoms with van der Waals surface area (Å²) in [7, 11) is 0. The van der Waals surface area contributed by atoms with Crippen LogP contribution in [-0.4, -0.2) is 42.9 Å². The molecular formula is C21H21N3O2. The first-order valence-corrected chi connectivity index (χ1v) is 9.06. The lowest BCUT2D eigenvalue weighted by Gasteiger charge is -2.35. The number of anilines is 1. The van der Waals surface area contributed by atoms with E-state index in [0.717, 1.165) is 50.0 Å². The first kappa shape index (κ1) is 15.5. The van der Waals surface area contributed by atoms with E-state index in [1.54, 1.807) is 0 Å². The minimum atomic E-state index is 0.330. The van der Waals surface area contributed by atoms with Gasteiger partial charge in [0.15, 0.2) is 11.5 Å². The summed E-state index contributed by atoms with van der Waals surface area (Å²) >= 11 is 0. The summed E-state index contributed by atoms with van der Waals surface area (Å²) in [6.45, 7) is 5.32. The number of aromatic nitrogens is 1. The van der Waals surface area contributed by atoms with Crippen molar-refractivity contribution in [3.05, 3.63) is 60.3 Å². The first-order chi connectivity index (χ1) is 12.8. The Morgan fingerprint density at radius 2 is 1.65 bits per heavy atom. The second-order valence-corrected chi connectivity index (χ2v) is 6.84. The normalized spacial score (nSPS) is 17.0. The Bertz CT molecular complexity index is 935. The Morgan fingerprint density at radius 3 is 2.54 bits per heavy atom. The van der Waals surface area contributed by atoms with Crippen LogP contribution in [0.1, 0.15) is 5.56 Å². The van der Waals surface area contributed by atoms with Gasteiger partial charge in [0.1, 0.15) is 5.82 Å². The number of piperazine rings is 1. The second-order valence-electron chi connectivity index (χ2n) is 6.84. The van der Waals surface area contributed by atoms with E-state index >= 15 is 0 Å². The molecule has 0 bridgehead atoms. The molecule has 0 saturated carbocycles. The van der Waals surface area contributed by atoms with Crippen molar-refractivity contribution in [2.24, 2.45) is 0 Å². The van der Waals surface area contributed by atoms with Crippen LogP contribution in [0.25, 0.3) is 10.8 Å². The van der Waals surface area contributed by atoms with E-state index in [1.165, 1.54) is 16.3 Å². The molecule has 1 aromatic heterocycles. The molecule has 2 aliphatic heterocycles. The van der Waals surface area contributed by atoms with E-state index in [4.69, 9.17) is 9.47 Å². The molecule has 5 nitrogen and oxygen atoms in total. The van der Waals surface area contributed by atoms with E-state index in [1.807, 2.05) is 12.3 Å². The Labute approximate surface area is 152 Å². The maximum absolute atomic E-state index is 5.48. The number of hydrogen-bond donors (Lipinski definition) is 0. The van der Waals surface area contributed by atoms with E-state index in [0.29, 0.717) is 6.79 Å². The SMILES string of the molecule is c1ccc2cc(N3CCN(Cc4ccc5c(c4)OCO5)CC3)ncc2c1. The van der Waals surface area contributed by atoms with Crippen LogP contribution in [0.4, 0.5) is 5.82 Å². The van der Waals surface area contributed by atoms with Crippen molar-refractivity contribution in [3.63, 3.8) is 0 Å². The molecule has 0 aliphatic carbocycles. The van der Waals surface area contributed by atoms with Gasteiger partial charge in [-0.2, -0.15) is 0 Å². The summed E-state index contributed by atoms with van der Waals surface area (Å²) in [4.78, 5) is 9.51. The number of rotatable bonds is 3. The number of ether oxygens (including phenoxy) is 2. The third kappa shape index (κ3) is 2.95. The van der Waals surface area contributed by atoms with E-state index < -0.39 is 0 Å². The lowest BCUT2D eigenvalue weighted by molar-refractivity contribution is 0.174. The molecule has 0 atom stereocenters. The lowest BCUT2D eigenvalue weighted by atomic mass is 10.1. The molecule has 0 radical (unpaired) electrons. The number of fused-ring (bicyclic) bond motifs is 2. The number of benzene rings is 2. The number of nitrogens with zero attached hydrogens (tertiary/aromatic N) is 3. The smallest absolute Gasteiger partial charge is 0.231 e. The molecule has 5 rings (SSSR count). The van der Waals surface area contributed by atoms with Gasteiger partial charge < -0.3 is 14.4 Å². The zero-order valence-electron chi connectivity index (χ0n) is 14.6. The maximum atomic E-state index is 5.48. The van der Waals surface area contributed by atoms with Crippen molar-refractivity contribution in [3.8, 4) is 11.5 Å². The van der Waals surface area contributed by atoms with Crippen LogP contribution in [0.15, 0.2) is 54.7 Å². The van der Waals surface area contributed by atoms with Gasteiger partial charge in [-0.1, -0.05) is 30.3 Å². The van der Waals surface area contributed by atoms with Crippen LogP contribution >= 0.6 is 0 Å². The standard InChI is InChI=1S/C21H21N3O2/c1-2-4-18-13-22-21(12-17(18)3-1)24-9-7-23(8-10-24)14-16-5-6-19-20(11-16)26-15-25-19/h1-6,11-13H,7-10,14-15H2. The predicted octanol–water partition coefficient (Wildman–Crippen LogP) is 3.29. The third-order valence-electron chi connectivity index (χ3n) is 5.16. The van der Waals surface area contributed by atoms with Crippen LogP contribution in [0.5, 0.6) is 11.5 Å². The van der Waals surface area contributed by atoms with E-state index in [2.05, 4.69) is 57.2 Å². The predicted molar refractivity (Wildman–Crippen MR) is 102 cm³/mol.